The predicted molar refractivity (Wildman–Crippen MR) is 76.3 cm³/mol. The van der Waals surface area contributed by atoms with Crippen LogP contribution in [-0.4, -0.2) is 19.2 Å². The van der Waals surface area contributed by atoms with Gasteiger partial charge in [-0.25, -0.2) is 0 Å². The molecule has 0 heterocycles. The number of unbranched alkanes of at least 4 members (excludes halogenated alkanes) is 2. The molecule has 1 aliphatic carbocycles. The Balaban J connectivity index is 1.55. The van der Waals surface area contributed by atoms with Crippen molar-refractivity contribution < 1.29 is 4.74 Å². The van der Waals surface area contributed by atoms with Gasteiger partial charge < -0.3 is 10.1 Å². The van der Waals surface area contributed by atoms with Crippen molar-refractivity contribution in [3.8, 4) is 5.75 Å². The van der Waals surface area contributed by atoms with Crippen LogP contribution in [0, 0.1) is 13.8 Å². The molecule has 0 unspecified atom stereocenters. The minimum absolute atomic E-state index is 0.841. The highest BCUT2D eigenvalue weighted by molar-refractivity contribution is 5.35. The minimum atomic E-state index is 0.841. The molecule has 100 valence electrons. The number of hydrogen-bond donors (Lipinski definition) is 1. The first kappa shape index (κ1) is 13.4. The fourth-order valence-corrected chi connectivity index (χ4v) is 2.04. The molecule has 1 aliphatic rings. The Labute approximate surface area is 111 Å². The Morgan fingerprint density at radius 2 is 2.00 bits per heavy atom. The lowest BCUT2D eigenvalue weighted by Crippen LogP contribution is -2.17. The third-order valence-electron chi connectivity index (χ3n) is 3.43. The molecule has 0 atom stereocenters. The molecule has 0 aliphatic heterocycles. The summed E-state index contributed by atoms with van der Waals surface area (Å²) in [6.07, 6.45) is 6.45. The molecule has 0 bridgehead atoms. The maximum absolute atomic E-state index is 5.84. The molecular weight excluding hydrogens is 222 g/mol. The second kappa shape index (κ2) is 6.79. The number of rotatable bonds is 8. The Morgan fingerprint density at radius 3 is 2.78 bits per heavy atom. The van der Waals surface area contributed by atoms with E-state index >= 15 is 0 Å². The second-order valence-corrected chi connectivity index (χ2v) is 5.41. The quantitative estimate of drug-likeness (QED) is 0.709. The van der Waals surface area contributed by atoms with Gasteiger partial charge >= 0.3 is 0 Å². The monoisotopic (exact) mass is 247 g/mol. The summed E-state index contributed by atoms with van der Waals surface area (Å²) in [5, 5.41) is 3.54. The van der Waals surface area contributed by atoms with Gasteiger partial charge in [0.2, 0.25) is 0 Å². The maximum atomic E-state index is 5.84. The van der Waals surface area contributed by atoms with Crippen molar-refractivity contribution in [1.29, 1.82) is 0 Å². The van der Waals surface area contributed by atoms with E-state index in [9.17, 15) is 0 Å². The number of aryl methyl sites for hydroxylation is 2. The van der Waals surface area contributed by atoms with Crippen LogP contribution in [0.25, 0.3) is 0 Å². The predicted octanol–water partition coefficient (Wildman–Crippen LogP) is 3.60. The van der Waals surface area contributed by atoms with Gasteiger partial charge in [-0.05, 0) is 69.7 Å². The molecule has 0 spiro atoms. The number of hydrogen-bond acceptors (Lipinski definition) is 2. The van der Waals surface area contributed by atoms with E-state index in [0.29, 0.717) is 0 Å². The first-order valence-electron chi connectivity index (χ1n) is 7.19. The normalized spacial score (nSPS) is 14.8. The molecule has 2 heteroatoms. The van der Waals surface area contributed by atoms with Gasteiger partial charge in [0.1, 0.15) is 5.75 Å². The lowest BCUT2D eigenvalue weighted by Gasteiger charge is -2.10. The zero-order chi connectivity index (χ0) is 12.8. The summed E-state index contributed by atoms with van der Waals surface area (Å²) in [4.78, 5) is 0. The topological polar surface area (TPSA) is 21.3 Å². The molecule has 2 nitrogen and oxygen atoms in total. The number of benzene rings is 1. The van der Waals surface area contributed by atoms with Crippen LogP contribution in [0.15, 0.2) is 18.2 Å². The third-order valence-corrected chi connectivity index (χ3v) is 3.43. The van der Waals surface area contributed by atoms with Gasteiger partial charge in [0, 0.05) is 6.04 Å². The zero-order valence-electron chi connectivity index (χ0n) is 11.7. The molecule has 1 aromatic rings. The van der Waals surface area contributed by atoms with Crippen molar-refractivity contribution in [2.45, 2.75) is 52.0 Å². The molecule has 2 rings (SSSR count). The van der Waals surface area contributed by atoms with Gasteiger partial charge in [0.05, 0.1) is 6.61 Å². The number of ether oxygens (including phenoxy) is 1. The van der Waals surface area contributed by atoms with E-state index in [4.69, 9.17) is 4.74 Å². The fraction of sp³-hybridized carbons (Fsp3) is 0.625. The van der Waals surface area contributed by atoms with Crippen LogP contribution in [-0.2, 0) is 0 Å². The average Bonchev–Trinajstić information content (AvgIpc) is 3.16. The van der Waals surface area contributed by atoms with Gasteiger partial charge in [-0.1, -0.05) is 12.1 Å². The van der Waals surface area contributed by atoms with E-state index < -0.39 is 0 Å². The van der Waals surface area contributed by atoms with Crippen LogP contribution in [0.5, 0.6) is 5.75 Å². The van der Waals surface area contributed by atoms with Crippen LogP contribution in [0.3, 0.4) is 0 Å². The van der Waals surface area contributed by atoms with Crippen LogP contribution in [0.2, 0.25) is 0 Å². The van der Waals surface area contributed by atoms with Gasteiger partial charge in [0.25, 0.3) is 0 Å². The van der Waals surface area contributed by atoms with Crippen LogP contribution >= 0.6 is 0 Å². The average molecular weight is 247 g/mol. The smallest absolute Gasteiger partial charge is 0.122 e. The Bertz CT molecular complexity index is 371. The third kappa shape index (κ3) is 4.69. The van der Waals surface area contributed by atoms with Crippen molar-refractivity contribution >= 4 is 0 Å². The summed E-state index contributed by atoms with van der Waals surface area (Å²) in [5.74, 6) is 1.05. The summed E-state index contributed by atoms with van der Waals surface area (Å²) in [6.45, 7) is 6.23. The summed E-state index contributed by atoms with van der Waals surface area (Å²) in [6, 6.07) is 7.23. The Kier molecular flexibility index (Phi) is 5.06. The lowest BCUT2D eigenvalue weighted by molar-refractivity contribution is 0.303. The van der Waals surface area contributed by atoms with Crippen molar-refractivity contribution in [1.82, 2.24) is 5.32 Å². The molecule has 0 radical (unpaired) electrons. The van der Waals surface area contributed by atoms with Crippen molar-refractivity contribution in [2.24, 2.45) is 0 Å². The first-order valence-corrected chi connectivity index (χ1v) is 7.19. The standard InChI is InChI=1S/C16H25NO/c1-13-6-7-14(2)16(12-13)18-11-5-3-4-10-17-15-8-9-15/h6-7,12,15,17H,3-5,8-11H2,1-2H3. The van der Waals surface area contributed by atoms with Gasteiger partial charge in [-0.15, -0.1) is 0 Å². The van der Waals surface area contributed by atoms with Gasteiger partial charge in [-0.3, -0.25) is 0 Å². The highest BCUT2D eigenvalue weighted by Gasteiger charge is 2.19. The molecule has 1 fully saturated rings. The van der Waals surface area contributed by atoms with Gasteiger partial charge in [-0.2, -0.15) is 0 Å². The van der Waals surface area contributed by atoms with E-state index in [1.54, 1.807) is 0 Å². The first-order chi connectivity index (χ1) is 8.75. The van der Waals surface area contributed by atoms with E-state index in [0.717, 1.165) is 24.8 Å². The highest BCUT2D eigenvalue weighted by atomic mass is 16.5. The molecule has 1 aromatic carbocycles. The largest absolute Gasteiger partial charge is 0.493 e. The molecular formula is C16H25NO. The zero-order valence-corrected chi connectivity index (χ0v) is 11.7. The molecule has 0 aromatic heterocycles. The lowest BCUT2D eigenvalue weighted by atomic mass is 10.1. The molecule has 0 amide bonds. The molecule has 1 N–H and O–H groups in total. The van der Waals surface area contributed by atoms with Crippen molar-refractivity contribution in [3.05, 3.63) is 29.3 Å². The van der Waals surface area contributed by atoms with Crippen molar-refractivity contribution in [2.75, 3.05) is 13.2 Å². The van der Waals surface area contributed by atoms with E-state index in [-0.39, 0.29) is 0 Å². The van der Waals surface area contributed by atoms with E-state index in [1.807, 2.05) is 0 Å². The number of nitrogens with one attached hydrogen (secondary N) is 1. The van der Waals surface area contributed by atoms with E-state index in [2.05, 4.69) is 37.4 Å². The summed E-state index contributed by atoms with van der Waals surface area (Å²) < 4.78 is 5.84. The summed E-state index contributed by atoms with van der Waals surface area (Å²) in [7, 11) is 0. The van der Waals surface area contributed by atoms with Crippen LogP contribution in [0.1, 0.15) is 43.2 Å². The second-order valence-electron chi connectivity index (χ2n) is 5.41. The van der Waals surface area contributed by atoms with E-state index in [1.165, 1.54) is 43.4 Å². The molecule has 18 heavy (non-hydrogen) atoms. The van der Waals surface area contributed by atoms with Crippen LogP contribution in [0.4, 0.5) is 0 Å². The Morgan fingerprint density at radius 1 is 1.17 bits per heavy atom. The minimum Gasteiger partial charge on any atom is -0.493 e. The Hall–Kier alpha value is -1.02. The highest BCUT2D eigenvalue weighted by Crippen LogP contribution is 2.20. The summed E-state index contributed by atoms with van der Waals surface area (Å²) >= 11 is 0. The van der Waals surface area contributed by atoms with Gasteiger partial charge in [0.15, 0.2) is 0 Å². The SMILES string of the molecule is Cc1ccc(C)c(OCCCCCNC2CC2)c1. The fourth-order valence-electron chi connectivity index (χ4n) is 2.04. The molecule has 0 saturated heterocycles. The summed E-state index contributed by atoms with van der Waals surface area (Å²) in [5.41, 5.74) is 2.50. The molecule has 1 saturated carbocycles. The maximum Gasteiger partial charge on any atom is 0.122 e. The van der Waals surface area contributed by atoms with Crippen molar-refractivity contribution in [3.63, 3.8) is 0 Å². The van der Waals surface area contributed by atoms with Crippen LogP contribution < -0.4 is 10.1 Å².